The summed E-state index contributed by atoms with van der Waals surface area (Å²) in [7, 11) is 0. The van der Waals surface area contributed by atoms with Crippen molar-refractivity contribution in [3.63, 3.8) is 0 Å². The molecule has 12 atom stereocenters. The lowest BCUT2D eigenvalue weighted by Crippen LogP contribution is -2.62. The monoisotopic (exact) mass is 1360 g/mol. The third-order valence-corrected chi connectivity index (χ3v) is 14.2. The van der Waals surface area contributed by atoms with Gasteiger partial charge in [0.25, 0.3) is 0 Å². The Labute approximate surface area is 548 Å². The molecule has 0 unspecified atom stereocenters. The Kier molecular flexibility index (Phi) is 35.8. The molecule has 0 fully saturated rings. The van der Waals surface area contributed by atoms with E-state index < -0.39 is 181 Å². The lowest BCUT2D eigenvalue weighted by molar-refractivity contribution is -0.142. The van der Waals surface area contributed by atoms with Gasteiger partial charge < -0.3 is 118 Å². The zero-order chi connectivity index (χ0) is 71.5. The van der Waals surface area contributed by atoms with Crippen LogP contribution in [-0.4, -0.2) is 234 Å². The molecule has 1 aromatic heterocycles. The summed E-state index contributed by atoms with van der Waals surface area (Å²) in [4.78, 5) is 200. The van der Waals surface area contributed by atoms with E-state index in [4.69, 9.17) is 28.7 Å². The van der Waals surface area contributed by atoms with Crippen molar-refractivity contribution < 1.29 is 92.7 Å². The lowest BCUT2D eigenvalue weighted by Gasteiger charge is -2.29. The van der Waals surface area contributed by atoms with Gasteiger partial charge in [-0.05, 0) is 51.5 Å². The molecule has 95 heavy (non-hydrogen) atoms. The van der Waals surface area contributed by atoms with Crippen molar-refractivity contribution in [3.05, 3.63) is 54.1 Å². The van der Waals surface area contributed by atoms with Crippen molar-refractivity contribution in [2.45, 2.75) is 158 Å². The SMILES string of the molecule is CC(=O)NCSC[C@H](NC(=O)[C@@H](NC(=O)[C@H](CC(=O)O)NC(C)=O)[C@@H](C)O)C(=O)N[C@@H](CCCN=C(N)N)C(=O)N[C@@H](CCC(N)=O)C(=O)N[C@H](C(=O)N[C@@H](Cc1ccccc1)C(=O)N[C@@H](CCCN=C(N)N)C(=O)N[C@@H](CO)C(=O)N[C@@H](Cc1cnc[nH]1)C(=O)O)[C@@H](C)O. The quantitative estimate of drug-likeness (QED) is 0.0127. The number of aliphatic carboxylic acids is 2. The summed E-state index contributed by atoms with van der Waals surface area (Å²) in [5.41, 5.74) is 28.1. The normalized spacial score (nSPS) is 14.6. The minimum Gasteiger partial charge on any atom is -0.481 e. The van der Waals surface area contributed by atoms with Crippen LogP contribution in [-0.2, 0) is 80.0 Å². The van der Waals surface area contributed by atoms with E-state index in [1.165, 1.54) is 19.4 Å². The molecule has 1 heterocycles. The molecule has 0 spiro atoms. The molecule has 0 saturated carbocycles. The summed E-state index contributed by atoms with van der Waals surface area (Å²) in [6.07, 6.45) is -4.35. The zero-order valence-electron chi connectivity index (χ0n) is 52.5. The van der Waals surface area contributed by atoms with E-state index in [9.17, 15) is 92.7 Å². The van der Waals surface area contributed by atoms with Crippen LogP contribution in [0.1, 0.15) is 83.9 Å². The highest BCUT2D eigenvalue weighted by Crippen LogP contribution is 2.12. The molecule has 2 rings (SSSR count). The summed E-state index contributed by atoms with van der Waals surface area (Å²) < 4.78 is 0. The fourth-order valence-electron chi connectivity index (χ4n) is 8.51. The number of aromatic amines is 1. The number of aromatic nitrogens is 2. The van der Waals surface area contributed by atoms with Gasteiger partial charge in [-0.15, -0.1) is 11.8 Å². The van der Waals surface area contributed by atoms with Gasteiger partial charge in [-0.2, -0.15) is 0 Å². The van der Waals surface area contributed by atoms with E-state index in [-0.39, 0.29) is 75.2 Å². The highest BCUT2D eigenvalue weighted by Gasteiger charge is 2.38. The first-order chi connectivity index (χ1) is 44.7. The minimum absolute atomic E-state index is 0.00185. The molecule has 0 aliphatic rings. The number of thioether (sulfide) groups is 1. The number of amides is 12. The van der Waals surface area contributed by atoms with Crippen molar-refractivity contribution in [2.75, 3.05) is 31.3 Å². The summed E-state index contributed by atoms with van der Waals surface area (Å²) in [6.45, 7) is 3.03. The Balaban J connectivity index is 2.58. The van der Waals surface area contributed by atoms with E-state index >= 15 is 0 Å². The number of H-pyrrole nitrogens is 1. The number of rotatable bonds is 44. The van der Waals surface area contributed by atoms with Crippen molar-refractivity contribution >= 4 is 107 Å². The first kappa shape index (κ1) is 80.9. The van der Waals surface area contributed by atoms with Gasteiger partial charge in [0.15, 0.2) is 11.9 Å². The van der Waals surface area contributed by atoms with Crippen LogP contribution in [0.15, 0.2) is 52.8 Å². The number of hydrogen-bond donors (Lipinski definition) is 22. The largest absolute Gasteiger partial charge is 0.481 e. The molecular weight excluding hydrogens is 1280 g/mol. The number of carbonyl (C=O) groups is 14. The van der Waals surface area contributed by atoms with Crippen LogP contribution in [0.5, 0.6) is 0 Å². The number of carboxylic acids is 2. The second-order valence-electron chi connectivity index (χ2n) is 21.4. The highest BCUT2D eigenvalue weighted by molar-refractivity contribution is 7.99. The van der Waals surface area contributed by atoms with Gasteiger partial charge in [0.1, 0.15) is 60.4 Å². The molecule has 12 amide bonds. The Morgan fingerprint density at radius 3 is 1.42 bits per heavy atom. The van der Waals surface area contributed by atoms with Gasteiger partial charge in [0, 0.05) is 63.8 Å². The number of nitrogens with two attached hydrogens (primary N) is 5. The second kappa shape index (κ2) is 42.1. The van der Waals surface area contributed by atoms with E-state index in [1.54, 1.807) is 30.3 Å². The van der Waals surface area contributed by atoms with Crippen LogP contribution in [0.3, 0.4) is 0 Å². The maximum atomic E-state index is 14.5. The van der Waals surface area contributed by atoms with Crippen LogP contribution in [0, 0.1) is 0 Å². The predicted octanol–water partition coefficient (Wildman–Crippen LogP) is -9.42. The molecule has 0 bridgehead atoms. The van der Waals surface area contributed by atoms with Crippen LogP contribution in [0.25, 0.3) is 0 Å². The number of hydrogen-bond acceptors (Lipinski definition) is 21. The van der Waals surface area contributed by atoms with Crippen molar-refractivity contribution in [1.82, 2.24) is 68.5 Å². The van der Waals surface area contributed by atoms with Crippen LogP contribution in [0.2, 0.25) is 0 Å². The number of carbonyl (C=O) groups excluding carboxylic acids is 12. The average molecular weight is 1360 g/mol. The van der Waals surface area contributed by atoms with Gasteiger partial charge in [-0.1, -0.05) is 30.3 Å². The van der Waals surface area contributed by atoms with Gasteiger partial charge in [0.2, 0.25) is 70.9 Å². The Bertz CT molecular complexity index is 2990. The molecular formula is C55H86N20O19S. The highest BCUT2D eigenvalue weighted by atomic mass is 32.2. The molecule has 39 nitrogen and oxygen atoms in total. The molecule has 0 radical (unpaired) electrons. The zero-order valence-corrected chi connectivity index (χ0v) is 53.3. The maximum Gasteiger partial charge on any atom is 0.326 e. The number of imidazole rings is 1. The number of guanidine groups is 2. The van der Waals surface area contributed by atoms with Gasteiger partial charge in [-0.25, -0.2) is 9.78 Å². The molecule has 0 aliphatic heterocycles. The third-order valence-electron chi connectivity index (χ3n) is 13.3. The average Bonchev–Trinajstić information content (AvgIpc) is 0.966. The Hall–Kier alpha value is -10.2. The predicted molar refractivity (Wildman–Crippen MR) is 337 cm³/mol. The molecule has 0 saturated heterocycles. The molecule has 27 N–H and O–H groups in total. The third kappa shape index (κ3) is 31.8. The number of benzene rings is 1. The lowest BCUT2D eigenvalue weighted by atomic mass is 10.0. The van der Waals surface area contributed by atoms with E-state index in [0.29, 0.717) is 11.3 Å². The number of nitrogens with one attached hydrogen (secondary N) is 12. The van der Waals surface area contributed by atoms with Crippen LogP contribution >= 0.6 is 11.8 Å². The van der Waals surface area contributed by atoms with E-state index in [2.05, 4.69) is 78.4 Å². The van der Waals surface area contributed by atoms with Gasteiger partial charge in [0.05, 0.1) is 37.4 Å². The molecule has 40 heteroatoms. The van der Waals surface area contributed by atoms with Gasteiger partial charge >= 0.3 is 11.9 Å². The van der Waals surface area contributed by atoms with Crippen LogP contribution in [0.4, 0.5) is 0 Å². The number of aliphatic hydroxyl groups excluding tert-OH is 3. The Morgan fingerprint density at radius 2 is 0.979 bits per heavy atom. The number of primary amides is 1. The first-order valence-electron chi connectivity index (χ1n) is 29.4. The second-order valence-corrected chi connectivity index (χ2v) is 22.4. The molecule has 526 valence electrons. The number of carboxylic acid groups (broad SMARTS) is 2. The molecule has 0 aliphatic carbocycles. The summed E-state index contributed by atoms with van der Waals surface area (Å²) >= 11 is 0.874. The van der Waals surface area contributed by atoms with Crippen molar-refractivity contribution in [3.8, 4) is 0 Å². The number of nitrogens with zero attached hydrogens (tertiary/aromatic N) is 3. The fourth-order valence-corrected chi connectivity index (χ4v) is 9.41. The minimum atomic E-state index is -2.00. The van der Waals surface area contributed by atoms with Crippen molar-refractivity contribution in [2.24, 2.45) is 38.7 Å². The molecule has 1 aromatic carbocycles. The van der Waals surface area contributed by atoms with Crippen LogP contribution < -0.4 is 87.2 Å². The van der Waals surface area contributed by atoms with E-state index in [1.807, 2.05) is 0 Å². The topological polar surface area (TPSA) is 656 Å². The standard InChI is InChI=1S/C55H86N20O19S/c1-26(77)42(51(91)70-35(18-30-10-6-5-7-11-30)47(87)67-33(13-9-17-63-55(59)60)45(85)72-38(22-76)49(89)71-37(53(93)94)19-31-21-61-24-64-31)74-46(86)34(14-15-40(56)81)69-44(84)32(12-8-16-62-54(57)58)68-50(90)39(23-95-25-65-28(3)79)73-52(92)43(27(2)78)75-48(88)36(20-41(82)83)66-29(4)80/h5-7,10-11,21,24,26-27,32-39,42-43,76-78H,8-9,12-20,22-23,25H2,1-4H3,(H2,56,81)(H,61,64)(H,65,79)(H,66,80)(H,67,87)(H,68,90)(H,69,84)(H,70,91)(H,71,89)(H,72,85)(H,73,92)(H,74,86)(H,75,88)(H,82,83)(H,93,94)(H4,57,58,62)(H4,59,60,63)/t26-,27-,32+,33+,34+,35+,36+,37+,38+,39+,42+,43+/m1/s1. The van der Waals surface area contributed by atoms with E-state index in [0.717, 1.165) is 32.5 Å². The van der Waals surface area contributed by atoms with Gasteiger partial charge in [-0.3, -0.25) is 72.3 Å². The smallest absolute Gasteiger partial charge is 0.326 e. The molecule has 2 aromatic rings. The summed E-state index contributed by atoms with van der Waals surface area (Å²) in [6, 6.07) is -9.48. The number of aliphatic hydroxyl groups is 3. The summed E-state index contributed by atoms with van der Waals surface area (Å²) in [5.74, 6) is -17.0. The summed E-state index contributed by atoms with van der Waals surface area (Å²) in [5, 5.41) is 76.8. The van der Waals surface area contributed by atoms with Crippen molar-refractivity contribution in [1.29, 1.82) is 0 Å². The maximum absolute atomic E-state index is 14.5. The number of aliphatic imine (C=N–C) groups is 2. The first-order valence-corrected chi connectivity index (χ1v) is 30.5. The fraction of sp³-hybridized carbons (Fsp3) is 0.545. The Morgan fingerprint density at radius 1 is 0.537 bits per heavy atom.